The van der Waals surface area contributed by atoms with Gasteiger partial charge in [0, 0.05) is 18.8 Å². The van der Waals surface area contributed by atoms with Gasteiger partial charge in [-0.2, -0.15) is 0 Å². The molecule has 2 aromatic rings. The smallest absolute Gasteiger partial charge is 0.119 e. The third kappa shape index (κ3) is 3.76. The van der Waals surface area contributed by atoms with Crippen LogP contribution in [0, 0.1) is 0 Å². The maximum Gasteiger partial charge on any atom is 0.119 e. The lowest BCUT2D eigenvalue weighted by Gasteiger charge is -2.32. The largest absolute Gasteiger partial charge is 0.494 e. The summed E-state index contributed by atoms with van der Waals surface area (Å²) < 4.78 is 5.50. The standard InChI is InChI=1S/C18H24N2O/c1-3-20(16-8-6-5-7-9-16)18(14-19)15-10-12-17(13-11-15)21-4-2/h5-13,18H,3-4,14,19H2,1-2H3. The molecular formula is C18H24N2O. The molecule has 0 radical (unpaired) electrons. The first-order valence-electron chi connectivity index (χ1n) is 7.54. The van der Waals surface area contributed by atoms with E-state index in [1.165, 1.54) is 11.3 Å². The number of nitrogens with two attached hydrogens (primary N) is 1. The predicted molar refractivity (Wildman–Crippen MR) is 88.9 cm³/mol. The molecule has 3 heteroatoms. The number of nitrogens with zero attached hydrogens (tertiary/aromatic N) is 1. The highest BCUT2D eigenvalue weighted by Gasteiger charge is 2.18. The average molecular weight is 284 g/mol. The molecule has 0 amide bonds. The summed E-state index contributed by atoms with van der Waals surface area (Å²) in [5.41, 5.74) is 8.46. The van der Waals surface area contributed by atoms with Crippen molar-refractivity contribution in [1.82, 2.24) is 0 Å². The van der Waals surface area contributed by atoms with E-state index < -0.39 is 0 Å². The third-order valence-corrected chi connectivity index (χ3v) is 3.60. The van der Waals surface area contributed by atoms with E-state index in [1.54, 1.807) is 0 Å². The lowest BCUT2D eigenvalue weighted by Crippen LogP contribution is -2.33. The van der Waals surface area contributed by atoms with Crippen LogP contribution in [0.4, 0.5) is 5.69 Å². The van der Waals surface area contributed by atoms with E-state index in [2.05, 4.69) is 48.2 Å². The molecule has 0 bridgehead atoms. The quantitative estimate of drug-likeness (QED) is 0.844. The van der Waals surface area contributed by atoms with Crippen molar-refractivity contribution in [2.45, 2.75) is 19.9 Å². The van der Waals surface area contributed by atoms with Gasteiger partial charge in [0.05, 0.1) is 12.6 Å². The van der Waals surface area contributed by atoms with Gasteiger partial charge in [0.15, 0.2) is 0 Å². The zero-order valence-corrected chi connectivity index (χ0v) is 12.8. The van der Waals surface area contributed by atoms with Gasteiger partial charge in [0.1, 0.15) is 5.75 Å². The first kappa shape index (κ1) is 15.4. The minimum Gasteiger partial charge on any atom is -0.494 e. The Kier molecular flexibility index (Phi) is 5.64. The van der Waals surface area contributed by atoms with Crippen molar-refractivity contribution in [2.24, 2.45) is 5.73 Å². The molecular weight excluding hydrogens is 260 g/mol. The molecule has 2 rings (SSSR count). The molecule has 0 heterocycles. The zero-order chi connectivity index (χ0) is 15.1. The Morgan fingerprint density at radius 3 is 2.19 bits per heavy atom. The predicted octanol–water partition coefficient (Wildman–Crippen LogP) is 3.61. The van der Waals surface area contributed by atoms with Crippen LogP contribution in [-0.4, -0.2) is 19.7 Å². The molecule has 0 saturated heterocycles. The second-order valence-electron chi connectivity index (χ2n) is 4.88. The fourth-order valence-corrected chi connectivity index (χ4v) is 2.60. The minimum absolute atomic E-state index is 0.174. The Hall–Kier alpha value is -2.00. The van der Waals surface area contributed by atoms with E-state index in [1.807, 2.05) is 25.1 Å². The van der Waals surface area contributed by atoms with Crippen molar-refractivity contribution in [3.05, 3.63) is 60.2 Å². The maximum absolute atomic E-state index is 6.04. The highest BCUT2D eigenvalue weighted by atomic mass is 16.5. The molecule has 0 spiro atoms. The van der Waals surface area contributed by atoms with Crippen LogP contribution in [0.3, 0.4) is 0 Å². The van der Waals surface area contributed by atoms with E-state index in [0.717, 1.165) is 12.3 Å². The molecule has 0 fully saturated rings. The van der Waals surface area contributed by atoms with Crippen LogP contribution in [0.15, 0.2) is 54.6 Å². The van der Waals surface area contributed by atoms with Crippen LogP contribution in [0.1, 0.15) is 25.5 Å². The summed E-state index contributed by atoms with van der Waals surface area (Å²) in [5.74, 6) is 0.903. The first-order valence-corrected chi connectivity index (χ1v) is 7.54. The monoisotopic (exact) mass is 284 g/mol. The second kappa shape index (κ2) is 7.70. The fourth-order valence-electron chi connectivity index (χ4n) is 2.60. The minimum atomic E-state index is 0.174. The Labute approximate surface area is 127 Å². The lowest BCUT2D eigenvalue weighted by atomic mass is 10.0. The van der Waals surface area contributed by atoms with Crippen LogP contribution < -0.4 is 15.4 Å². The van der Waals surface area contributed by atoms with Gasteiger partial charge in [-0.15, -0.1) is 0 Å². The number of likely N-dealkylation sites (N-methyl/N-ethyl adjacent to an activating group) is 1. The molecule has 0 saturated carbocycles. The summed E-state index contributed by atoms with van der Waals surface area (Å²) in [6.07, 6.45) is 0. The van der Waals surface area contributed by atoms with Gasteiger partial charge >= 0.3 is 0 Å². The van der Waals surface area contributed by atoms with E-state index in [0.29, 0.717) is 13.2 Å². The van der Waals surface area contributed by atoms with Crippen LogP contribution >= 0.6 is 0 Å². The number of rotatable bonds is 7. The molecule has 0 aliphatic carbocycles. The average Bonchev–Trinajstić information content (AvgIpc) is 2.54. The molecule has 2 aromatic carbocycles. The van der Waals surface area contributed by atoms with Crippen molar-refractivity contribution in [2.75, 3.05) is 24.6 Å². The molecule has 3 nitrogen and oxygen atoms in total. The summed E-state index contributed by atoms with van der Waals surface area (Å²) >= 11 is 0. The second-order valence-corrected chi connectivity index (χ2v) is 4.88. The number of hydrogen-bond donors (Lipinski definition) is 1. The van der Waals surface area contributed by atoms with Gasteiger partial charge in [-0.1, -0.05) is 30.3 Å². The molecule has 21 heavy (non-hydrogen) atoms. The zero-order valence-electron chi connectivity index (χ0n) is 12.8. The Balaban J connectivity index is 2.24. The van der Waals surface area contributed by atoms with Crippen molar-refractivity contribution in [3.8, 4) is 5.75 Å². The summed E-state index contributed by atoms with van der Waals surface area (Å²) in [6, 6.07) is 18.8. The highest BCUT2D eigenvalue weighted by Crippen LogP contribution is 2.27. The number of hydrogen-bond acceptors (Lipinski definition) is 3. The molecule has 0 aromatic heterocycles. The number of ether oxygens (including phenoxy) is 1. The van der Waals surface area contributed by atoms with E-state index in [-0.39, 0.29) is 6.04 Å². The normalized spacial score (nSPS) is 12.0. The number of benzene rings is 2. The molecule has 0 aliphatic rings. The van der Waals surface area contributed by atoms with Crippen LogP contribution in [-0.2, 0) is 0 Å². The van der Waals surface area contributed by atoms with E-state index in [4.69, 9.17) is 10.5 Å². The third-order valence-electron chi connectivity index (χ3n) is 3.60. The van der Waals surface area contributed by atoms with Gasteiger partial charge < -0.3 is 15.4 Å². The van der Waals surface area contributed by atoms with Crippen molar-refractivity contribution >= 4 is 5.69 Å². The van der Waals surface area contributed by atoms with E-state index >= 15 is 0 Å². The summed E-state index contributed by atoms with van der Waals surface area (Å²) in [4.78, 5) is 2.33. The number of anilines is 1. The van der Waals surface area contributed by atoms with Crippen LogP contribution in [0.25, 0.3) is 0 Å². The van der Waals surface area contributed by atoms with Crippen molar-refractivity contribution in [1.29, 1.82) is 0 Å². The maximum atomic E-state index is 6.04. The summed E-state index contributed by atoms with van der Waals surface area (Å²) in [7, 11) is 0. The summed E-state index contributed by atoms with van der Waals surface area (Å²) in [6.45, 7) is 6.33. The summed E-state index contributed by atoms with van der Waals surface area (Å²) in [5, 5.41) is 0. The number of para-hydroxylation sites is 1. The Morgan fingerprint density at radius 2 is 1.67 bits per heavy atom. The Morgan fingerprint density at radius 1 is 1.00 bits per heavy atom. The lowest BCUT2D eigenvalue weighted by molar-refractivity contribution is 0.340. The van der Waals surface area contributed by atoms with Crippen molar-refractivity contribution in [3.63, 3.8) is 0 Å². The highest BCUT2D eigenvalue weighted by molar-refractivity contribution is 5.49. The van der Waals surface area contributed by atoms with Crippen LogP contribution in [0.2, 0.25) is 0 Å². The molecule has 1 unspecified atom stereocenters. The van der Waals surface area contributed by atoms with Gasteiger partial charge in [-0.3, -0.25) is 0 Å². The molecule has 2 N–H and O–H groups in total. The van der Waals surface area contributed by atoms with Gasteiger partial charge in [-0.05, 0) is 43.7 Å². The fraction of sp³-hybridized carbons (Fsp3) is 0.333. The van der Waals surface area contributed by atoms with Crippen LogP contribution in [0.5, 0.6) is 5.75 Å². The van der Waals surface area contributed by atoms with Gasteiger partial charge in [0.25, 0.3) is 0 Å². The molecule has 112 valence electrons. The van der Waals surface area contributed by atoms with Gasteiger partial charge in [-0.25, -0.2) is 0 Å². The molecule has 0 aliphatic heterocycles. The first-order chi connectivity index (χ1) is 10.3. The Bertz CT molecular complexity index is 525. The topological polar surface area (TPSA) is 38.5 Å². The van der Waals surface area contributed by atoms with Gasteiger partial charge in [0.2, 0.25) is 0 Å². The van der Waals surface area contributed by atoms with Crippen molar-refractivity contribution < 1.29 is 4.74 Å². The molecule has 1 atom stereocenters. The van der Waals surface area contributed by atoms with E-state index in [9.17, 15) is 0 Å². The SMILES string of the molecule is CCOc1ccc(C(CN)N(CC)c2ccccc2)cc1.